The third kappa shape index (κ3) is 3.32. The summed E-state index contributed by atoms with van der Waals surface area (Å²) in [5, 5.41) is 0.974. The number of hydrogen-bond donors (Lipinski definition) is 2. The molecule has 1 heterocycles. The van der Waals surface area contributed by atoms with Gasteiger partial charge in [0.1, 0.15) is 0 Å². The Labute approximate surface area is 113 Å². The summed E-state index contributed by atoms with van der Waals surface area (Å²) in [6.07, 6.45) is 1.66. The van der Waals surface area contributed by atoms with E-state index in [4.69, 9.17) is 11.0 Å². The van der Waals surface area contributed by atoms with Gasteiger partial charge in [-0.15, -0.1) is 0 Å². The van der Waals surface area contributed by atoms with Gasteiger partial charge in [0, 0.05) is 11.9 Å². The number of fused-ring (bicyclic) bond motifs is 1. The summed E-state index contributed by atoms with van der Waals surface area (Å²) in [7, 11) is -3.34. The molecule has 0 bridgehead atoms. The standard InChI is InChI=1S/C13H19N4OP/c1-10(2)9-17(19(14,15)18)12-7-11-5-3-4-6-13(11)16-8-12/h3-8,10H,9H2,1-2H3,(H4,14,15,18). The van der Waals surface area contributed by atoms with Crippen LogP contribution in [-0.2, 0) is 4.57 Å². The molecule has 0 spiro atoms. The predicted octanol–water partition coefficient (Wildman–Crippen LogP) is 2.72. The first-order chi connectivity index (χ1) is 8.88. The van der Waals surface area contributed by atoms with Crippen molar-refractivity contribution < 1.29 is 4.57 Å². The predicted molar refractivity (Wildman–Crippen MR) is 79.9 cm³/mol. The zero-order valence-corrected chi connectivity index (χ0v) is 12.0. The van der Waals surface area contributed by atoms with E-state index in [1.54, 1.807) is 10.9 Å². The summed E-state index contributed by atoms with van der Waals surface area (Å²) in [5.41, 5.74) is 12.9. The quantitative estimate of drug-likeness (QED) is 0.840. The normalized spacial score (nSPS) is 12.1. The molecule has 0 radical (unpaired) electrons. The van der Waals surface area contributed by atoms with Crippen molar-refractivity contribution in [2.45, 2.75) is 13.8 Å². The van der Waals surface area contributed by atoms with Crippen LogP contribution in [0.1, 0.15) is 13.8 Å². The van der Waals surface area contributed by atoms with Crippen LogP contribution < -0.4 is 15.7 Å². The molecule has 1 aromatic heterocycles. The molecule has 0 aliphatic carbocycles. The van der Waals surface area contributed by atoms with Crippen LogP contribution in [0.3, 0.4) is 0 Å². The van der Waals surface area contributed by atoms with Crippen molar-refractivity contribution in [3.05, 3.63) is 36.5 Å². The molecule has 5 nitrogen and oxygen atoms in total. The Kier molecular flexibility index (Phi) is 3.90. The average molecular weight is 278 g/mol. The fraction of sp³-hybridized carbons (Fsp3) is 0.308. The summed E-state index contributed by atoms with van der Waals surface area (Å²) in [4.78, 5) is 4.35. The highest BCUT2D eigenvalue weighted by molar-refractivity contribution is 7.60. The van der Waals surface area contributed by atoms with Crippen molar-refractivity contribution in [1.29, 1.82) is 0 Å². The van der Waals surface area contributed by atoms with Gasteiger partial charge >= 0.3 is 7.59 Å². The van der Waals surface area contributed by atoms with Crippen molar-refractivity contribution in [3.63, 3.8) is 0 Å². The van der Waals surface area contributed by atoms with Crippen molar-refractivity contribution in [1.82, 2.24) is 4.98 Å². The molecule has 0 aliphatic rings. The molecule has 0 aliphatic heterocycles. The zero-order valence-electron chi connectivity index (χ0n) is 11.2. The Morgan fingerprint density at radius 3 is 2.63 bits per heavy atom. The minimum atomic E-state index is -3.34. The van der Waals surface area contributed by atoms with Gasteiger partial charge in [-0.25, -0.2) is 0 Å². The summed E-state index contributed by atoms with van der Waals surface area (Å²) in [5.74, 6) is 0.298. The number of anilines is 1. The lowest BCUT2D eigenvalue weighted by atomic mass is 10.2. The fourth-order valence-electron chi connectivity index (χ4n) is 1.96. The van der Waals surface area contributed by atoms with Crippen LogP contribution in [0.2, 0.25) is 0 Å². The molecule has 0 saturated carbocycles. The Bertz CT molecular complexity index is 623. The van der Waals surface area contributed by atoms with E-state index in [0.29, 0.717) is 18.2 Å². The summed E-state index contributed by atoms with van der Waals surface area (Å²) in [6.45, 7) is 4.58. The monoisotopic (exact) mass is 278 g/mol. The summed E-state index contributed by atoms with van der Waals surface area (Å²) in [6, 6.07) is 9.66. The van der Waals surface area contributed by atoms with E-state index in [0.717, 1.165) is 10.9 Å². The lowest BCUT2D eigenvalue weighted by Gasteiger charge is -2.29. The van der Waals surface area contributed by atoms with Gasteiger partial charge in [0.25, 0.3) is 0 Å². The van der Waals surface area contributed by atoms with Gasteiger partial charge in [-0.2, -0.15) is 0 Å². The molecule has 19 heavy (non-hydrogen) atoms. The number of nitrogens with zero attached hydrogens (tertiary/aromatic N) is 2. The van der Waals surface area contributed by atoms with Gasteiger partial charge < -0.3 is 0 Å². The number of hydrogen-bond acceptors (Lipinski definition) is 2. The van der Waals surface area contributed by atoms with E-state index in [1.165, 1.54) is 0 Å². The van der Waals surface area contributed by atoms with Crippen molar-refractivity contribution in [2.75, 3.05) is 11.2 Å². The van der Waals surface area contributed by atoms with Gasteiger partial charge in [-0.1, -0.05) is 32.0 Å². The van der Waals surface area contributed by atoms with Crippen molar-refractivity contribution >= 4 is 24.2 Å². The molecule has 102 valence electrons. The third-order valence-corrected chi connectivity index (χ3v) is 3.94. The second kappa shape index (κ2) is 5.29. The largest absolute Gasteiger partial charge is 0.300 e. The number of rotatable bonds is 4. The highest BCUT2D eigenvalue weighted by Crippen LogP contribution is 2.38. The molecule has 6 heteroatoms. The van der Waals surface area contributed by atoms with Crippen LogP contribution in [-0.4, -0.2) is 11.5 Å². The SMILES string of the molecule is CC(C)CN(c1cnc2ccccc2c1)P(N)(N)=O. The maximum atomic E-state index is 12.0. The van der Waals surface area contributed by atoms with Crippen LogP contribution in [0.5, 0.6) is 0 Å². The third-order valence-electron chi connectivity index (χ3n) is 2.79. The highest BCUT2D eigenvalue weighted by atomic mass is 31.2. The molecule has 2 rings (SSSR count). The van der Waals surface area contributed by atoms with E-state index >= 15 is 0 Å². The number of aromatic nitrogens is 1. The Balaban J connectivity index is 2.47. The fourth-order valence-corrected chi connectivity index (χ4v) is 3.01. The van der Waals surface area contributed by atoms with E-state index in [-0.39, 0.29) is 0 Å². The van der Waals surface area contributed by atoms with Crippen LogP contribution in [0.25, 0.3) is 10.9 Å². The minimum Gasteiger partial charge on any atom is -0.298 e. The zero-order chi connectivity index (χ0) is 14.0. The number of pyridine rings is 1. The molecule has 1 aromatic carbocycles. The first-order valence-corrected chi connectivity index (χ1v) is 7.97. The average Bonchev–Trinajstić information content (AvgIpc) is 2.34. The molecule has 0 atom stereocenters. The van der Waals surface area contributed by atoms with Crippen LogP contribution in [0.4, 0.5) is 5.69 Å². The first kappa shape index (κ1) is 14.0. The van der Waals surface area contributed by atoms with Crippen LogP contribution in [0, 0.1) is 5.92 Å². The van der Waals surface area contributed by atoms with Crippen molar-refractivity contribution in [3.8, 4) is 0 Å². The molecular formula is C13H19N4OP. The molecule has 4 N–H and O–H groups in total. The smallest absolute Gasteiger partial charge is 0.298 e. The number of nitrogens with two attached hydrogens (primary N) is 2. The van der Waals surface area contributed by atoms with E-state index in [1.807, 2.05) is 44.2 Å². The maximum Gasteiger partial charge on any atom is 0.300 e. The summed E-state index contributed by atoms with van der Waals surface area (Å²) < 4.78 is 13.6. The van der Waals surface area contributed by atoms with Gasteiger partial charge in [-0.05, 0) is 18.1 Å². The molecular weight excluding hydrogens is 259 g/mol. The molecule has 0 fully saturated rings. The minimum absolute atomic E-state index is 0.298. The van der Waals surface area contributed by atoms with Crippen LogP contribution >= 0.6 is 7.59 Å². The first-order valence-electron chi connectivity index (χ1n) is 6.18. The van der Waals surface area contributed by atoms with Gasteiger partial charge in [0.2, 0.25) is 0 Å². The topological polar surface area (TPSA) is 85.2 Å². The van der Waals surface area contributed by atoms with Crippen molar-refractivity contribution in [2.24, 2.45) is 16.9 Å². The summed E-state index contributed by atoms with van der Waals surface area (Å²) >= 11 is 0. The van der Waals surface area contributed by atoms with Gasteiger partial charge in [-0.3, -0.25) is 25.2 Å². The Hall–Kier alpha value is -1.42. The second-order valence-corrected chi connectivity index (χ2v) is 6.86. The molecule has 0 saturated heterocycles. The molecule has 0 unspecified atom stereocenters. The van der Waals surface area contributed by atoms with E-state index in [2.05, 4.69) is 4.98 Å². The maximum absolute atomic E-state index is 12.0. The highest BCUT2D eigenvalue weighted by Gasteiger charge is 2.23. The van der Waals surface area contributed by atoms with Crippen LogP contribution in [0.15, 0.2) is 36.5 Å². The lowest BCUT2D eigenvalue weighted by molar-refractivity contribution is 0.564. The van der Waals surface area contributed by atoms with Gasteiger partial charge in [0.05, 0.1) is 17.4 Å². The van der Waals surface area contributed by atoms with E-state index in [9.17, 15) is 4.57 Å². The lowest BCUT2D eigenvalue weighted by Crippen LogP contribution is -2.32. The second-order valence-electron chi connectivity index (χ2n) is 5.03. The number of benzene rings is 1. The number of para-hydroxylation sites is 1. The van der Waals surface area contributed by atoms with Gasteiger partial charge in [0.15, 0.2) is 0 Å². The Morgan fingerprint density at radius 2 is 2.00 bits per heavy atom. The van der Waals surface area contributed by atoms with E-state index < -0.39 is 7.59 Å². The Morgan fingerprint density at radius 1 is 1.32 bits per heavy atom. The molecule has 0 amide bonds. The molecule has 2 aromatic rings.